The summed E-state index contributed by atoms with van der Waals surface area (Å²) in [6.07, 6.45) is 2.28. The van der Waals surface area contributed by atoms with Gasteiger partial charge in [0.2, 0.25) is 0 Å². The Morgan fingerprint density at radius 1 is 0.554 bits per heavy atom. The fourth-order valence-electron chi connectivity index (χ4n) is 9.67. The smallest absolute Gasteiger partial charge is 0.419 e. The van der Waals surface area contributed by atoms with E-state index in [9.17, 15) is 28.5 Å². The minimum atomic E-state index is -1.70. The first kappa shape index (κ1) is 71.8. The standard InChI is InChI=1S/2C34H45N5O5SSi/c1-22-18-27(42-8)28(24-14-15-38(30(22)24)32(40)44-33(2,3)4)29(37-45(41)34(5,6)7)31-36-25-19-23(20-35)12-13-26(25)39(31)21-43-16-17-46(9,10)11;1-22-18-27(42-8)28(24-14-15-38(30(22)24)32(40)44-33(2,3)4)29(37-45(41)34(5,6)7)31-36-25-13-12-23(20-35)19-26(25)39(31)21-43-16-17-46(9,10)11/h2*12-15,18-19H,16-17,21H2,1-11H3. The molecule has 0 radical (unpaired) electrons. The monoisotopic (exact) mass is 1330 g/mol. The molecule has 0 aliphatic carbocycles. The van der Waals surface area contributed by atoms with Crippen molar-refractivity contribution in [3.05, 3.63) is 118 Å². The lowest BCUT2D eigenvalue weighted by Gasteiger charge is -2.21. The molecule has 0 saturated heterocycles. The van der Waals surface area contributed by atoms with Crippen LogP contribution in [-0.2, 0) is 54.4 Å². The maximum atomic E-state index is 13.8. The molecule has 0 N–H and O–H groups in total. The highest BCUT2D eigenvalue weighted by Gasteiger charge is 2.33. The second-order valence-electron chi connectivity index (χ2n) is 29.1. The van der Waals surface area contributed by atoms with E-state index >= 15 is 0 Å². The Labute approximate surface area is 548 Å². The van der Waals surface area contributed by atoms with Gasteiger partial charge in [-0.25, -0.2) is 28.0 Å². The number of methoxy groups -OCH3 is 2. The molecule has 8 rings (SSSR count). The maximum Gasteiger partial charge on any atom is 0.419 e. The van der Waals surface area contributed by atoms with Crippen LogP contribution in [0.3, 0.4) is 0 Å². The normalized spacial score (nSPS) is 13.7. The van der Waals surface area contributed by atoms with E-state index in [-0.39, 0.29) is 13.5 Å². The lowest BCUT2D eigenvalue weighted by atomic mass is 10.00. The molecule has 92 heavy (non-hydrogen) atoms. The number of aromatic nitrogens is 6. The lowest BCUT2D eigenvalue weighted by molar-refractivity contribution is 0.0533. The van der Waals surface area contributed by atoms with E-state index in [1.165, 1.54) is 9.13 Å². The minimum absolute atomic E-state index is 0.141. The predicted molar refractivity (Wildman–Crippen MR) is 374 cm³/mol. The molecule has 0 fully saturated rings. The molecule has 20 nitrogen and oxygen atoms in total. The molecular formula is C68H90N10O10S2Si2. The average molecular weight is 1330 g/mol. The third-order valence-corrected chi connectivity index (χ3v) is 20.5. The molecule has 4 aromatic heterocycles. The number of aryl methyl sites for hydroxylation is 2. The molecular weight excluding hydrogens is 1240 g/mol. The number of nitrogens with zero attached hydrogens (tertiary/aromatic N) is 10. The lowest BCUT2D eigenvalue weighted by Crippen LogP contribution is -2.27. The number of carbonyl (C=O) groups is 2. The predicted octanol–water partition coefficient (Wildman–Crippen LogP) is 15.1. The van der Waals surface area contributed by atoms with Gasteiger partial charge in [0.25, 0.3) is 0 Å². The summed E-state index contributed by atoms with van der Waals surface area (Å²) in [5, 5.41) is 20.6. The number of carbonyl (C=O) groups excluding carboxylic acids is 2. The first-order chi connectivity index (χ1) is 42.7. The van der Waals surface area contributed by atoms with Gasteiger partial charge >= 0.3 is 12.2 Å². The van der Waals surface area contributed by atoms with Crippen molar-refractivity contribution in [2.75, 3.05) is 27.4 Å². The molecule has 2 unspecified atom stereocenters. The number of imidazole rings is 2. The van der Waals surface area contributed by atoms with Crippen molar-refractivity contribution in [3.63, 3.8) is 0 Å². The Balaban J connectivity index is 0.000000261. The molecule has 0 aliphatic rings. The van der Waals surface area contributed by atoms with Gasteiger partial charge in [-0.05, 0) is 181 Å². The number of fused-ring (bicyclic) bond motifs is 4. The molecule has 2 atom stereocenters. The van der Waals surface area contributed by atoms with Gasteiger partial charge in [0, 0.05) is 52.5 Å². The van der Waals surface area contributed by atoms with Crippen molar-refractivity contribution < 1.29 is 46.4 Å². The van der Waals surface area contributed by atoms with Crippen molar-refractivity contribution in [3.8, 4) is 23.6 Å². The zero-order valence-corrected chi connectivity index (χ0v) is 61.2. The fraction of sp³-hybridized carbons (Fsp3) is 0.471. The van der Waals surface area contributed by atoms with Crippen LogP contribution >= 0.6 is 0 Å². The molecule has 0 amide bonds. The first-order valence-corrected chi connectivity index (χ1v) is 40.1. The maximum absolute atomic E-state index is 13.8. The second-order valence-corrected chi connectivity index (χ2v) is 44.1. The molecule has 492 valence electrons. The molecule has 0 bridgehead atoms. The number of rotatable bonds is 18. The van der Waals surface area contributed by atoms with Gasteiger partial charge < -0.3 is 28.4 Å². The zero-order chi connectivity index (χ0) is 68.4. The number of ether oxygens (including phenoxy) is 6. The summed E-state index contributed by atoms with van der Waals surface area (Å²) in [6, 6.07) is 24.2. The Morgan fingerprint density at radius 2 is 0.946 bits per heavy atom. The summed E-state index contributed by atoms with van der Waals surface area (Å²) in [6.45, 7) is 41.0. The first-order valence-electron chi connectivity index (χ1n) is 30.5. The van der Waals surface area contributed by atoms with Gasteiger partial charge in [-0.3, -0.25) is 18.3 Å². The largest absolute Gasteiger partial charge is 0.496 e. The third-order valence-electron chi connectivity index (χ3n) is 14.3. The summed E-state index contributed by atoms with van der Waals surface area (Å²) < 4.78 is 78.3. The van der Waals surface area contributed by atoms with Crippen molar-refractivity contribution in [1.82, 2.24) is 28.2 Å². The molecule has 4 aromatic carbocycles. The molecule has 24 heteroatoms. The minimum Gasteiger partial charge on any atom is -0.496 e. The third kappa shape index (κ3) is 17.2. The number of hydrogen-bond acceptors (Lipinski definition) is 14. The topological polar surface area (TPSA) is 241 Å². The van der Waals surface area contributed by atoms with E-state index in [0.29, 0.717) is 108 Å². The Morgan fingerprint density at radius 3 is 1.33 bits per heavy atom. The van der Waals surface area contributed by atoms with Gasteiger partial charge in [-0.1, -0.05) is 39.3 Å². The van der Waals surface area contributed by atoms with Gasteiger partial charge in [-0.15, -0.1) is 0 Å². The van der Waals surface area contributed by atoms with Crippen molar-refractivity contribution >= 4 is 106 Å². The molecule has 0 saturated carbocycles. The molecule has 0 spiro atoms. The van der Waals surface area contributed by atoms with Gasteiger partial charge in [0.05, 0.1) is 91.2 Å². The second kappa shape index (κ2) is 27.9. The molecule has 4 heterocycles. The van der Waals surface area contributed by atoms with Gasteiger partial charge in [-0.2, -0.15) is 19.3 Å². The van der Waals surface area contributed by atoms with Crippen LogP contribution in [0.15, 0.2) is 81.9 Å². The quantitative estimate of drug-likeness (QED) is 0.0441. The van der Waals surface area contributed by atoms with E-state index in [0.717, 1.165) is 28.7 Å². The summed E-state index contributed by atoms with van der Waals surface area (Å²) in [5.41, 5.74) is 6.66. The highest BCUT2D eigenvalue weighted by molar-refractivity contribution is 7.85. The van der Waals surface area contributed by atoms with Crippen LogP contribution in [0.2, 0.25) is 51.4 Å². The average Bonchev–Trinajstić information content (AvgIpc) is 1.53. The zero-order valence-electron chi connectivity index (χ0n) is 57.5. The Hall–Kier alpha value is -7.59. The fourth-order valence-corrected chi connectivity index (χ4v) is 12.4. The highest BCUT2D eigenvalue weighted by Crippen LogP contribution is 2.39. The summed E-state index contributed by atoms with van der Waals surface area (Å²) in [4.78, 5) is 36.6. The van der Waals surface area contributed by atoms with E-state index in [1.807, 2.05) is 136 Å². The molecule has 0 aliphatic heterocycles. The summed E-state index contributed by atoms with van der Waals surface area (Å²) in [5.74, 6) is 1.77. The van der Waals surface area contributed by atoms with Crippen LogP contribution in [0.1, 0.15) is 128 Å². The van der Waals surface area contributed by atoms with Gasteiger partial charge in [0.15, 0.2) is 11.6 Å². The van der Waals surface area contributed by atoms with Gasteiger partial charge in [0.1, 0.15) is 69.6 Å². The molecule has 8 aromatic rings. The SMILES string of the molecule is COc1cc(C)c2c(ccn2C(=O)OC(C)(C)C)c1C(=NS(=O)C(C)(C)C)c1nc2cc(C#N)ccc2n1COCC[Si](C)(C)C.COc1cc(C)c2c(ccn2C(=O)OC(C)(C)C)c1C(=NS(=O)C(C)(C)C)c1nc2ccc(C#N)cc2n1COCC[Si](C)(C)C. The van der Waals surface area contributed by atoms with Crippen molar-refractivity contribution in [2.24, 2.45) is 8.80 Å². The van der Waals surface area contributed by atoms with Crippen LogP contribution < -0.4 is 9.47 Å². The Bertz CT molecular complexity index is 4150. The van der Waals surface area contributed by atoms with Crippen LogP contribution in [-0.4, -0.2) is 125 Å². The number of benzene rings is 4. The van der Waals surface area contributed by atoms with Crippen LogP contribution in [0, 0.1) is 36.5 Å². The van der Waals surface area contributed by atoms with E-state index in [4.69, 9.17) is 47.2 Å². The Kier molecular flexibility index (Phi) is 21.8. The van der Waals surface area contributed by atoms with E-state index in [2.05, 4.69) is 51.4 Å². The van der Waals surface area contributed by atoms with Crippen LogP contribution in [0.4, 0.5) is 9.59 Å². The number of nitriles is 2. The summed E-state index contributed by atoms with van der Waals surface area (Å²) >= 11 is 0. The van der Waals surface area contributed by atoms with E-state index < -0.39 is 71.0 Å². The van der Waals surface area contributed by atoms with E-state index in [1.54, 1.807) is 56.9 Å². The number of hydrogen-bond donors (Lipinski definition) is 0. The van der Waals surface area contributed by atoms with Crippen molar-refractivity contribution in [1.29, 1.82) is 10.5 Å². The summed E-state index contributed by atoms with van der Waals surface area (Å²) in [7, 11) is -3.00. The van der Waals surface area contributed by atoms with Crippen LogP contribution in [0.25, 0.3) is 43.9 Å². The van der Waals surface area contributed by atoms with Crippen LogP contribution in [0.5, 0.6) is 11.5 Å². The highest BCUT2D eigenvalue weighted by atomic mass is 32.2. The van der Waals surface area contributed by atoms with Crippen molar-refractivity contribution in [2.45, 2.75) is 182 Å².